The lowest BCUT2D eigenvalue weighted by Gasteiger charge is -2.36. The van der Waals surface area contributed by atoms with Gasteiger partial charge in [-0.15, -0.1) is 0 Å². The fourth-order valence-corrected chi connectivity index (χ4v) is 5.11. The molecule has 2 saturated heterocycles. The van der Waals surface area contributed by atoms with Gasteiger partial charge in [0.25, 0.3) is 0 Å². The Kier molecular flexibility index (Phi) is 5.59. The Hall–Kier alpha value is -0.950. The molecular formula is C18H29N3O2S. The molecule has 0 spiro atoms. The van der Waals surface area contributed by atoms with Gasteiger partial charge in [0, 0.05) is 32.7 Å². The topological polar surface area (TPSA) is 52.7 Å². The Morgan fingerprint density at radius 2 is 1.71 bits per heavy atom. The quantitative estimate of drug-likeness (QED) is 0.895. The first-order valence-corrected chi connectivity index (χ1v) is 10.4. The summed E-state index contributed by atoms with van der Waals surface area (Å²) >= 11 is 0. The summed E-state index contributed by atoms with van der Waals surface area (Å²) in [5.74, 6) is 0.758. The average Bonchev–Trinajstić information content (AvgIpc) is 2.58. The van der Waals surface area contributed by atoms with E-state index in [-0.39, 0.29) is 0 Å². The molecular weight excluding hydrogens is 322 g/mol. The molecule has 0 saturated carbocycles. The maximum absolute atomic E-state index is 12.8. The third-order valence-corrected chi connectivity index (χ3v) is 7.32. The Balaban J connectivity index is 1.59. The molecule has 1 N–H and O–H groups in total. The lowest BCUT2D eigenvalue weighted by Crippen LogP contribution is -2.50. The predicted molar refractivity (Wildman–Crippen MR) is 96.7 cm³/mol. The molecule has 1 aromatic rings. The molecule has 5 nitrogen and oxygen atoms in total. The zero-order chi connectivity index (χ0) is 17.2. The first kappa shape index (κ1) is 17.9. The number of piperazine rings is 1. The van der Waals surface area contributed by atoms with Crippen LogP contribution in [0.25, 0.3) is 0 Å². The summed E-state index contributed by atoms with van der Waals surface area (Å²) < 4.78 is 27.3. The van der Waals surface area contributed by atoms with Crippen LogP contribution in [0, 0.1) is 19.8 Å². The summed E-state index contributed by atoms with van der Waals surface area (Å²) in [5, 5.41) is 3.40. The van der Waals surface area contributed by atoms with Crippen LogP contribution >= 0.6 is 0 Å². The smallest absolute Gasteiger partial charge is 0.243 e. The van der Waals surface area contributed by atoms with Crippen molar-refractivity contribution in [3.05, 3.63) is 29.3 Å². The van der Waals surface area contributed by atoms with Crippen molar-refractivity contribution < 1.29 is 8.42 Å². The van der Waals surface area contributed by atoms with Crippen LogP contribution in [0.15, 0.2) is 23.1 Å². The second-order valence-corrected chi connectivity index (χ2v) is 9.08. The minimum Gasteiger partial charge on any atom is -0.317 e. The average molecular weight is 352 g/mol. The van der Waals surface area contributed by atoms with Crippen molar-refractivity contribution in [1.29, 1.82) is 0 Å². The van der Waals surface area contributed by atoms with E-state index in [9.17, 15) is 8.42 Å². The van der Waals surface area contributed by atoms with Gasteiger partial charge in [-0.25, -0.2) is 8.42 Å². The summed E-state index contributed by atoms with van der Waals surface area (Å²) in [7, 11) is -3.36. The van der Waals surface area contributed by atoms with E-state index in [4.69, 9.17) is 0 Å². The van der Waals surface area contributed by atoms with Crippen molar-refractivity contribution in [3.63, 3.8) is 0 Å². The maximum Gasteiger partial charge on any atom is 0.243 e. The van der Waals surface area contributed by atoms with Crippen LogP contribution in [0.2, 0.25) is 0 Å². The fourth-order valence-electron chi connectivity index (χ4n) is 3.61. The molecule has 2 fully saturated rings. The highest BCUT2D eigenvalue weighted by Gasteiger charge is 2.29. The molecule has 0 aliphatic carbocycles. The van der Waals surface area contributed by atoms with Gasteiger partial charge in [-0.2, -0.15) is 4.31 Å². The second-order valence-electron chi connectivity index (χ2n) is 7.14. The molecule has 2 aliphatic heterocycles. The van der Waals surface area contributed by atoms with Crippen LogP contribution in [0.5, 0.6) is 0 Å². The number of sulfonamides is 1. The summed E-state index contributed by atoms with van der Waals surface area (Å²) in [6, 6.07) is 5.43. The van der Waals surface area contributed by atoms with Crippen molar-refractivity contribution in [2.75, 3.05) is 45.8 Å². The first-order valence-electron chi connectivity index (χ1n) is 8.97. The molecule has 2 heterocycles. The summed E-state index contributed by atoms with van der Waals surface area (Å²) in [5.41, 5.74) is 2.15. The van der Waals surface area contributed by atoms with Crippen molar-refractivity contribution in [3.8, 4) is 0 Å². The van der Waals surface area contributed by atoms with Crippen molar-refractivity contribution in [1.82, 2.24) is 14.5 Å². The largest absolute Gasteiger partial charge is 0.317 e. The number of nitrogens with zero attached hydrogens (tertiary/aromatic N) is 2. The normalized spacial score (nSPS) is 21.9. The monoisotopic (exact) mass is 351 g/mol. The van der Waals surface area contributed by atoms with Crippen LogP contribution < -0.4 is 5.32 Å². The summed E-state index contributed by atoms with van der Waals surface area (Å²) in [6.45, 7) is 10.2. The zero-order valence-corrected chi connectivity index (χ0v) is 15.6. The number of piperidine rings is 1. The molecule has 2 aliphatic rings. The van der Waals surface area contributed by atoms with Gasteiger partial charge in [0.15, 0.2) is 0 Å². The van der Waals surface area contributed by atoms with Crippen LogP contribution in [0.3, 0.4) is 0 Å². The molecule has 6 heteroatoms. The van der Waals surface area contributed by atoms with Gasteiger partial charge in [0.05, 0.1) is 4.90 Å². The Bertz CT molecular complexity index is 661. The van der Waals surface area contributed by atoms with E-state index in [1.54, 1.807) is 16.4 Å². The lowest BCUT2D eigenvalue weighted by atomic mass is 9.97. The van der Waals surface area contributed by atoms with E-state index in [0.29, 0.717) is 18.0 Å². The van der Waals surface area contributed by atoms with Gasteiger partial charge in [-0.1, -0.05) is 6.07 Å². The Labute approximate surface area is 146 Å². The predicted octanol–water partition coefficient (Wildman–Crippen LogP) is 1.61. The molecule has 3 rings (SSSR count). The van der Waals surface area contributed by atoms with Crippen molar-refractivity contribution in [2.45, 2.75) is 31.6 Å². The second kappa shape index (κ2) is 7.52. The highest BCUT2D eigenvalue weighted by atomic mass is 32.2. The zero-order valence-electron chi connectivity index (χ0n) is 14.8. The number of hydrogen-bond donors (Lipinski definition) is 1. The molecule has 24 heavy (non-hydrogen) atoms. The summed E-state index contributed by atoms with van der Waals surface area (Å²) in [6.07, 6.45) is 2.47. The number of nitrogens with one attached hydrogen (secondary N) is 1. The molecule has 0 amide bonds. The number of rotatable bonds is 4. The Morgan fingerprint density at radius 1 is 1.04 bits per heavy atom. The number of hydrogen-bond acceptors (Lipinski definition) is 4. The van der Waals surface area contributed by atoms with Gasteiger partial charge in [0.1, 0.15) is 0 Å². The molecule has 0 unspecified atom stereocenters. The van der Waals surface area contributed by atoms with E-state index in [1.165, 1.54) is 12.8 Å². The lowest BCUT2D eigenvalue weighted by molar-refractivity contribution is 0.152. The van der Waals surface area contributed by atoms with Crippen LogP contribution in [0.4, 0.5) is 0 Å². The van der Waals surface area contributed by atoms with E-state index in [0.717, 1.165) is 49.8 Å². The maximum atomic E-state index is 12.8. The third-order valence-electron chi connectivity index (χ3n) is 5.42. The van der Waals surface area contributed by atoms with Crippen LogP contribution in [0.1, 0.15) is 24.0 Å². The van der Waals surface area contributed by atoms with Crippen molar-refractivity contribution in [2.24, 2.45) is 5.92 Å². The standard InChI is InChI=1S/C18H29N3O2S/c1-15-3-4-18(13-16(15)2)24(22,23)21-11-9-20(10-12-21)14-17-5-7-19-8-6-17/h3-4,13,17,19H,5-12,14H2,1-2H3. The minimum absolute atomic E-state index is 0.428. The number of benzene rings is 1. The SMILES string of the molecule is Cc1ccc(S(=O)(=O)N2CCN(CC3CCNCC3)CC2)cc1C. The van der Waals surface area contributed by atoms with E-state index in [2.05, 4.69) is 10.2 Å². The van der Waals surface area contributed by atoms with Gasteiger partial charge >= 0.3 is 0 Å². The fraction of sp³-hybridized carbons (Fsp3) is 0.667. The van der Waals surface area contributed by atoms with E-state index in [1.807, 2.05) is 19.9 Å². The minimum atomic E-state index is -3.36. The van der Waals surface area contributed by atoms with E-state index >= 15 is 0 Å². The molecule has 0 aromatic heterocycles. The Morgan fingerprint density at radius 3 is 2.33 bits per heavy atom. The summed E-state index contributed by atoms with van der Waals surface area (Å²) in [4.78, 5) is 2.86. The molecule has 1 aromatic carbocycles. The highest BCUT2D eigenvalue weighted by Crippen LogP contribution is 2.21. The highest BCUT2D eigenvalue weighted by molar-refractivity contribution is 7.89. The van der Waals surface area contributed by atoms with Gasteiger partial charge in [-0.05, 0) is 69.0 Å². The first-order chi connectivity index (χ1) is 11.5. The van der Waals surface area contributed by atoms with Crippen LogP contribution in [-0.2, 0) is 10.0 Å². The van der Waals surface area contributed by atoms with Gasteiger partial charge < -0.3 is 10.2 Å². The van der Waals surface area contributed by atoms with Gasteiger partial charge in [-0.3, -0.25) is 0 Å². The van der Waals surface area contributed by atoms with Crippen molar-refractivity contribution >= 4 is 10.0 Å². The number of aryl methyl sites for hydroxylation is 2. The van der Waals surface area contributed by atoms with Crippen LogP contribution in [-0.4, -0.2) is 63.4 Å². The third kappa shape index (κ3) is 3.99. The molecule has 0 bridgehead atoms. The molecule has 0 radical (unpaired) electrons. The molecule has 134 valence electrons. The van der Waals surface area contributed by atoms with E-state index < -0.39 is 10.0 Å². The van der Waals surface area contributed by atoms with Gasteiger partial charge in [0.2, 0.25) is 10.0 Å². The molecule has 0 atom stereocenters.